The standard InChI is InChI=1S/C39H71NO10/c1-20-18-37(10,11)34(50-36-22(3)29(40(14)15)17-21(2)46-36)24(5)32(49-30-19-38(12,45-16)26(7)27(8)47-30)25(6)35(43)48-28(9)39(13,44)33(42)23(4)31(20)41/h20-30,32-34,36,42,44H,17-19H2,1-16H3/t20-,21?,22?,23+,24+,25-,26?,27?,28-,29?,30?,32+,33-,34-,36?,38?,39-/m1/s1. The molecule has 0 spiro atoms. The van der Waals surface area contributed by atoms with Crippen LogP contribution in [0.15, 0.2) is 0 Å². The van der Waals surface area contributed by atoms with Crippen molar-refractivity contribution in [2.45, 2.75) is 176 Å². The van der Waals surface area contributed by atoms with E-state index in [4.69, 9.17) is 28.4 Å². The van der Waals surface area contributed by atoms with Gasteiger partial charge in [0.1, 0.15) is 17.5 Å². The van der Waals surface area contributed by atoms with Gasteiger partial charge < -0.3 is 43.5 Å². The van der Waals surface area contributed by atoms with Crippen molar-refractivity contribution in [1.82, 2.24) is 4.90 Å². The van der Waals surface area contributed by atoms with Gasteiger partial charge in [0.25, 0.3) is 0 Å². The molecule has 11 nitrogen and oxygen atoms in total. The zero-order valence-corrected chi connectivity index (χ0v) is 33.9. The van der Waals surface area contributed by atoms with Crippen molar-refractivity contribution in [1.29, 1.82) is 0 Å². The number of Topliss-reactive ketones (excluding diaryl/α,β-unsaturated/α-hetero) is 1. The van der Waals surface area contributed by atoms with Crippen molar-refractivity contribution in [3.05, 3.63) is 0 Å². The van der Waals surface area contributed by atoms with Gasteiger partial charge in [-0.15, -0.1) is 0 Å². The molecule has 0 aliphatic carbocycles. The van der Waals surface area contributed by atoms with Crippen LogP contribution in [-0.2, 0) is 38.0 Å². The van der Waals surface area contributed by atoms with Gasteiger partial charge in [0.15, 0.2) is 12.6 Å². The molecule has 0 aromatic heterocycles. The number of hydrogen-bond donors (Lipinski definition) is 2. The first-order valence-electron chi connectivity index (χ1n) is 18.9. The predicted molar refractivity (Wildman–Crippen MR) is 191 cm³/mol. The molecule has 0 saturated carbocycles. The third-order valence-corrected chi connectivity index (χ3v) is 12.9. The Morgan fingerprint density at radius 1 is 0.840 bits per heavy atom. The number of carbonyl (C=O) groups is 2. The molecule has 3 heterocycles. The van der Waals surface area contributed by atoms with Gasteiger partial charge in [0, 0.05) is 49.2 Å². The van der Waals surface area contributed by atoms with Crippen LogP contribution in [0.4, 0.5) is 0 Å². The molecule has 0 radical (unpaired) electrons. The second-order valence-corrected chi connectivity index (χ2v) is 17.6. The van der Waals surface area contributed by atoms with E-state index in [-0.39, 0.29) is 35.9 Å². The highest BCUT2D eigenvalue weighted by Gasteiger charge is 2.52. The largest absolute Gasteiger partial charge is 0.459 e. The minimum atomic E-state index is -1.89. The number of nitrogens with zero attached hydrogens (tertiary/aromatic N) is 1. The van der Waals surface area contributed by atoms with E-state index in [1.54, 1.807) is 21.0 Å². The number of carbonyl (C=O) groups excluding carboxylic acids is 2. The molecular weight excluding hydrogens is 642 g/mol. The summed E-state index contributed by atoms with van der Waals surface area (Å²) < 4.78 is 38.8. The summed E-state index contributed by atoms with van der Waals surface area (Å²) in [5.74, 6) is -3.29. The highest BCUT2D eigenvalue weighted by molar-refractivity contribution is 5.83. The fourth-order valence-electron chi connectivity index (χ4n) is 8.85. The van der Waals surface area contributed by atoms with Gasteiger partial charge in [-0.3, -0.25) is 9.59 Å². The van der Waals surface area contributed by atoms with E-state index in [0.29, 0.717) is 12.8 Å². The van der Waals surface area contributed by atoms with Crippen molar-refractivity contribution < 1.29 is 48.2 Å². The first kappa shape index (κ1) is 43.2. The number of methoxy groups -OCH3 is 1. The number of ether oxygens (including phenoxy) is 6. The van der Waals surface area contributed by atoms with Crippen molar-refractivity contribution in [2.24, 2.45) is 40.9 Å². The number of rotatable bonds is 6. The molecule has 3 fully saturated rings. The lowest BCUT2D eigenvalue weighted by molar-refractivity contribution is -0.301. The summed E-state index contributed by atoms with van der Waals surface area (Å²) >= 11 is 0. The Kier molecular flexibility index (Phi) is 14.2. The lowest BCUT2D eigenvalue weighted by Crippen LogP contribution is -2.58. The zero-order valence-electron chi connectivity index (χ0n) is 33.9. The fourth-order valence-corrected chi connectivity index (χ4v) is 8.85. The van der Waals surface area contributed by atoms with Crippen molar-refractivity contribution in [2.75, 3.05) is 21.2 Å². The SMILES string of the molecule is COC1(C)CC(O[C@H]2[C@H](C)[C@@H](OC3OC(C)CC(N(C)C)C3C)C(C)(C)C[C@@H](C)C(=O)[C@H](C)[C@@H](O)[C@](C)(O)[C@@H](C)OC(=O)[C@@H]2C)OC(C)C1C. The Morgan fingerprint density at radius 2 is 1.44 bits per heavy atom. The van der Waals surface area contributed by atoms with Crippen LogP contribution < -0.4 is 0 Å². The summed E-state index contributed by atoms with van der Waals surface area (Å²) in [6, 6.07) is 0.226. The lowest BCUT2D eigenvalue weighted by atomic mass is 9.69. The Hall–Kier alpha value is -1.18. The van der Waals surface area contributed by atoms with Crippen LogP contribution in [0.3, 0.4) is 0 Å². The molecule has 3 saturated heterocycles. The van der Waals surface area contributed by atoms with Crippen molar-refractivity contribution >= 4 is 11.8 Å². The Morgan fingerprint density at radius 3 is 2.00 bits per heavy atom. The average molecular weight is 714 g/mol. The zero-order chi connectivity index (χ0) is 38.3. The van der Waals surface area contributed by atoms with E-state index < -0.39 is 83.3 Å². The second-order valence-electron chi connectivity index (χ2n) is 17.6. The van der Waals surface area contributed by atoms with Crippen LogP contribution in [-0.4, -0.2) is 115 Å². The summed E-state index contributed by atoms with van der Waals surface area (Å²) in [5.41, 5.74) is -3.05. The third-order valence-electron chi connectivity index (χ3n) is 12.9. The summed E-state index contributed by atoms with van der Waals surface area (Å²) in [6.45, 7) is 24.7. The summed E-state index contributed by atoms with van der Waals surface area (Å²) in [6.07, 6.45) is -3.62. The van der Waals surface area contributed by atoms with E-state index in [9.17, 15) is 19.8 Å². The Balaban J connectivity index is 2.16. The van der Waals surface area contributed by atoms with Gasteiger partial charge in [-0.2, -0.15) is 0 Å². The lowest BCUT2D eigenvalue weighted by Gasteiger charge is -2.50. The number of ketones is 1. The van der Waals surface area contributed by atoms with Gasteiger partial charge in [0.05, 0.1) is 42.0 Å². The number of esters is 1. The van der Waals surface area contributed by atoms with E-state index in [1.807, 2.05) is 20.8 Å². The van der Waals surface area contributed by atoms with E-state index in [1.165, 1.54) is 13.8 Å². The fraction of sp³-hybridized carbons (Fsp3) is 0.949. The molecule has 17 atom stereocenters. The monoisotopic (exact) mass is 714 g/mol. The highest BCUT2D eigenvalue weighted by atomic mass is 16.7. The number of aliphatic hydroxyl groups excluding tert-OH is 1. The van der Waals surface area contributed by atoms with Crippen molar-refractivity contribution in [3.63, 3.8) is 0 Å². The van der Waals surface area contributed by atoms with Crippen molar-refractivity contribution in [3.8, 4) is 0 Å². The maximum Gasteiger partial charge on any atom is 0.311 e. The number of hydrogen-bond acceptors (Lipinski definition) is 11. The molecule has 0 amide bonds. The van der Waals surface area contributed by atoms with Gasteiger partial charge in [-0.25, -0.2) is 0 Å². The highest BCUT2D eigenvalue weighted by Crippen LogP contribution is 2.44. The predicted octanol–water partition coefficient (Wildman–Crippen LogP) is 5.22. The van der Waals surface area contributed by atoms with Crippen LogP contribution in [0.1, 0.15) is 109 Å². The summed E-state index contributed by atoms with van der Waals surface area (Å²) in [4.78, 5) is 30.2. The van der Waals surface area contributed by atoms with Gasteiger partial charge in [-0.05, 0) is 73.9 Å². The smallest absolute Gasteiger partial charge is 0.311 e. The van der Waals surface area contributed by atoms with Crippen LogP contribution in [0.5, 0.6) is 0 Å². The van der Waals surface area contributed by atoms with E-state index >= 15 is 0 Å². The molecule has 11 heteroatoms. The molecule has 2 N–H and O–H groups in total. The molecule has 50 heavy (non-hydrogen) atoms. The Bertz CT molecular complexity index is 1150. The molecule has 8 unspecified atom stereocenters. The van der Waals surface area contributed by atoms with Crippen LogP contribution in [0, 0.1) is 40.9 Å². The topological polar surface area (TPSA) is 133 Å². The minimum Gasteiger partial charge on any atom is -0.459 e. The van der Waals surface area contributed by atoms with Crippen LogP contribution in [0.2, 0.25) is 0 Å². The molecule has 0 bridgehead atoms. The summed E-state index contributed by atoms with van der Waals surface area (Å²) in [7, 11) is 5.84. The van der Waals surface area contributed by atoms with Gasteiger partial charge in [0.2, 0.25) is 0 Å². The first-order chi connectivity index (χ1) is 22.9. The average Bonchev–Trinajstić information content (AvgIpc) is 3.03. The molecule has 0 aromatic rings. The maximum absolute atomic E-state index is 14.1. The van der Waals surface area contributed by atoms with E-state index in [0.717, 1.165) is 6.42 Å². The van der Waals surface area contributed by atoms with Crippen LogP contribution >= 0.6 is 0 Å². The maximum atomic E-state index is 14.1. The summed E-state index contributed by atoms with van der Waals surface area (Å²) in [5, 5.41) is 22.8. The molecule has 3 aliphatic rings. The van der Waals surface area contributed by atoms with Gasteiger partial charge >= 0.3 is 5.97 Å². The molecule has 292 valence electrons. The molecule has 3 aliphatic heterocycles. The molecule has 0 aromatic carbocycles. The second kappa shape index (κ2) is 16.5. The van der Waals surface area contributed by atoms with Crippen LogP contribution in [0.25, 0.3) is 0 Å². The quantitative estimate of drug-likeness (QED) is 0.351. The number of aliphatic hydroxyl groups is 2. The Labute approximate surface area is 302 Å². The third kappa shape index (κ3) is 9.12. The van der Waals surface area contributed by atoms with E-state index in [2.05, 4.69) is 60.5 Å². The number of cyclic esters (lactones) is 1. The minimum absolute atomic E-state index is 0.0304. The van der Waals surface area contributed by atoms with Gasteiger partial charge in [-0.1, -0.05) is 48.5 Å². The molecular formula is C39H71NO10. The first-order valence-corrected chi connectivity index (χ1v) is 18.9. The normalized spacial score (nSPS) is 48.6. The molecule has 3 rings (SSSR count).